The molecule has 0 nitrogen and oxygen atoms in total. The Morgan fingerprint density at radius 2 is 2.00 bits per heavy atom. The summed E-state index contributed by atoms with van der Waals surface area (Å²) in [4.78, 5) is 0. The quantitative estimate of drug-likeness (QED) is 0.391. The van der Waals surface area contributed by atoms with Crippen LogP contribution in [0.1, 0.15) is 6.92 Å². The van der Waals surface area contributed by atoms with Gasteiger partial charge < -0.3 is 0 Å². The van der Waals surface area contributed by atoms with Gasteiger partial charge in [0.25, 0.3) is 0 Å². The van der Waals surface area contributed by atoms with Crippen LogP contribution in [0.15, 0.2) is 0 Å². The van der Waals surface area contributed by atoms with Crippen LogP contribution in [-0.4, -0.2) is 4.48 Å². The third-order valence-electron chi connectivity index (χ3n) is 0. The Balaban J connectivity index is 2.32. The number of hydrogen-bond acceptors (Lipinski definition) is 0. The van der Waals surface area contributed by atoms with Crippen LogP contribution in [0.2, 0.25) is 0 Å². The van der Waals surface area contributed by atoms with E-state index in [1.165, 1.54) is 27.4 Å². The van der Waals surface area contributed by atoms with Crippen molar-refractivity contribution >= 4 is 0 Å². The molecule has 2 heteroatoms. The molecule has 0 aliphatic carbocycles. The van der Waals surface area contributed by atoms with E-state index in [0.29, 0.717) is 0 Å². The number of alkyl halides is 1. The zero-order valence-electron chi connectivity index (χ0n) is 2.46. The Morgan fingerprint density at radius 3 is 2.00 bits per heavy atom. The summed E-state index contributed by atoms with van der Waals surface area (Å²) in [6.45, 7) is 1.50. The van der Waals surface area contributed by atoms with Gasteiger partial charge in [-0.05, 0) is 0 Å². The van der Waals surface area contributed by atoms with E-state index in [-0.39, 0.29) is 0 Å². The van der Waals surface area contributed by atoms with Gasteiger partial charge in [-0.25, -0.2) is 0 Å². The van der Waals surface area contributed by atoms with Crippen molar-refractivity contribution < 1.29 is 24.8 Å². The predicted octanol–water partition coefficient (Wildman–Crippen LogP) is 0.849. The molecule has 23 valence electrons. The Bertz CT molecular complexity index is 10.8. The van der Waals surface area contributed by atoms with E-state index in [4.69, 9.17) is 0 Å². The van der Waals surface area contributed by atoms with Gasteiger partial charge >= 0.3 is 36.2 Å². The van der Waals surface area contributed by atoms with E-state index in [1.807, 2.05) is 0 Å². The molecule has 0 spiro atoms. The van der Waals surface area contributed by atoms with Crippen molar-refractivity contribution in [2.24, 2.45) is 0 Å². The van der Waals surface area contributed by atoms with Crippen molar-refractivity contribution in [3.8, 4) is 0 Å². The maximum atomic E-state index is 11.0. The first-order valence-corrected chi connectivity index (χ1v) is 1.99. The first-order valence-electron chi connectivity index (χ1n) is 1.08. The molecule has 0 N–H and O–H groups in total. The zero-order chi connectivity index (χ0) is 3.58. The topological polar surface area (TPSA) is 0 Å². The fourth-order valence-electron chi connectivity index (χ4n) is 0. The van der Waals surface area contributed by atoms with E-state index >= 15 is 0 Å². The second-order valence-electron chi connectivity index (χ2n) is 0.616. The Labute approximate surface area is 36.8 Å². The number of rotatable bonds is 0. The summed E-state index contributed by atoms with van der Waals surface area (Å²) in [5.41, 5.74) is 0. The van der Waals surface area contributed by atoms with Crippen molar-refractivity contribution in [2.75, 3.05) is 0 Å². The van der Waals surface area contributed by atoms with Gasteiger partial charge in [-0.2, -0.15) is 0 Å². The maximum absolute atomic E-state index is 11.0. The Hall–Kier alpha value is 0.644. The fraction of sp³-hybridized carbons (Fsp3) is 1.00. The summed E-state index contributed by atoms with van der Waals surface area (Å²) in [5.74, 6) is 0. The van der Waals surface area contributed by atoms with Crippen LogP contribution >= 0.6 is 0 Å². The summed E-state index contributed by atoms with van der Waals surface area (Å²) < 4.78 is 10.3. The average Bonchev–Trinajstić information content (AvgIpc) is 0.811. The van der Waals surface area contributed by atoms with Crippen molar-refractivity contribution in [3.05, 3.63) is 0 Å². The zero-order valence-corrected chi connectivity index (χ0v) is 4.02. The van der Waals surface area contributed by atoms with E-state index in [0.717, 1.165) is 0 Å². The summed E-state index contributed by atoms with van der Waals surface area (Å²) in [5, 5.41) is 0. The fourth-order valence-corrected chi connectivity index (χ4v) is 0. The molecule has 0 aromatic rings. The van der Waals surface area contributed by atoms with E-state index < -0.39 is 4.48 Å². The molecule has 0 amide bonds. The second-order valence-corrected chi connectivity index (χ2v) is 1.86. The van der Waals surface area contributed by atoms with Crippen LogP contribution in [0.3, 0.4) is 0 Å². The molecule has 0 saturated carbocycles. The molecule has 1 atom stereocenters. The molecule has 0 aromatic heterocycles. The molecule has 0 saturated heterocycles. The molecule has 4 heavy (non-hydrogen) atoms. The Morgan fingerprint density at radius 1 is 2.00 bits per heavy atom. The molecular formula is C2H4FTi. The standard InChI is InChI=1S/C2H4F.Ti/c1-2-3;/h2H,1H3;. The van der Waals surface area contributed by atoms with Crippen LogP contribution in [0, 0.1) is 0 Å². The molecule has 0 radical (unpaired) electrons. The molecule has 0 aliphatic rings. The van der Waals surface area contributed by atoms with Gasteiger partial charge in [0.05, 0.1) is 0 Å². The van der Waals surface area contributed by atoms with Crippen molar-refractivity contribution in [1.82, 2.24) is 0 Å². The van der Waals surface area contributed by atoms with Gasteiger partial charge in [0, 0.05) is 0 Å². The molecule has 0 aromatic carbocycles. The van der Waals surface area contributed by atoms with Gasteiger partial charge in [0.15, 0.2) is 0 Å². The molecule has 0 fully saturated rings. The van der Waals surface area contributed by atoms with Gasteiger partial charge in [-0.1, -0.05) is 0 Å². The normalized spacial score (nSPS) is 15.2. The van der Waals surface area contributed by atoms with E-state index in [2.05, 4.69) is 0 Å². The third kappa shape index (κ3) is 17.2. The van der Waals surface area contributed by atoms with Gasteiger partial charge in [-0.3, -0.25) is 0 Å². The minimum absolute atomic E-state index is 0.667. The first kappa shape index (κ1) is 4.64. The molecule has 0 bridgehead atoms. The number of hydrogen-bond donors (Lipinski definition) is 0. The summed E-state index contributed by atoms with van der Waals surface area (Å²) >= 11 is 1.50. The molecule has 0 aliphatic heterocycles. The Kier molecular flexibility index (Phi) is 2.23. The second kappa shape index (κ2) is 1.92. The molecule has 0 rings (SSSR count). The molecule has 0 heterocycles. The monoisotopic (exact) mass is 95.0 g/mol. The van der Waals surface area contributed by atoms with Crippen LogP contribution in [0.4, 0.5) is 4.39 Å². The average molecular weight is 94.9 g/mol. The molecular weight excluding hydrogens is 90.9 g/mol. The van der Waals surface area contributed by atoms with Crippen LogP contribution < -0.4 is 0 Å². The SMILES string of the molecule is C[CH](F)[Ti]. The summed E-state index contributed by atoms with van der Waals surface area (Å²) in [6, 6.07) is 0. The van der Waals surface area contributed by atoms with Crippen LogP contribution in [-0.2, 0) is 20.4 Å². The van der Waals surface area contributed by atoms with Gasteiger partial charge in [-0.15, -0.1) is 0 Å². The van der Waals surface area contributed by atoms with Gasteiger partial charge in [0.2, 0.25) is 0 Å². The summed E-state index contributed by atoms with van der Waals surface area (Å²) in [6.07, 6.45) is 0. The van der Waals surface area contributed by atoms with E-state index in [1.54, 1.807) is 0 Å². The van der Waals surface area contributed by atoms with E-state index in [9.17, 15) is 4.39 Å². The van der Waals surface area contributed by atoms with Crippen LogP contribution in [0.5, 0.6) is 0 Å². The predicted molar refractivity (Wildman–Crippen MR) is 10.6 cm³/mol. The number of halogens is 1. The van der Waals surface area contributed by atoms with Crippen molar-refractivity contribution in [2.45, 2.75) is 11.4 Å². The third-order valence-corrected chi connectivity index (χ3v) is 0. The van der Waals surface area contributed by atoms with Gasteiger partial charge in [0.1, 0.15) is 0 Å². The molecule has 1 unspecified atom stereocenters. The summed E-state index contributed by atoms with van der Waals surface area (Å²) in [7, 11) is 0. The van der Waals surface area contributed by atoms with Crippen LogP contribution in [0.25, 0.3) is 0 Å². The first-order chi connectivity index (χ1) is 1.73. The van der Waals surface area contributed by atoms with Crippen molar-refractivity contribution in [3.63, 3.8) is 0 Å². The minimum atomic E-state index is -0.667. The van der Waals surface area contributed by atoms with Crippen molar-refractivity contribution in [1.29, 1.82) is 0 Å².